The number of carbonyl (C=O) groups excluding carboxylic acids is 2. The van der Waals surface area contributed by atoms with Gasteiger partial charge in [-0.15, -0.1) is 0 Å². The molecule has 0 unspecified atom stereocenters. The molecule has 0 aliphatic carbocycles. The normalized spacial score (nSPS) is 14.1. The Bertz CT molecular complexity index is 792. The van der Waals surface area contributed by atoms with Gasteiger partial charge in [-0.05, 0) is 54.7 Å². The highest BCUT2D eigenvalue weighted by atomic mass is 19.1. The second-order valence-corrected chi connectivity index (χ2v) is 6.73. The second-order valence-electron chi connectivity index (χ2n) is 6.73. The number of carbonyl (C=O) groups is 2. The first kappa shape index (κ1) is 18.9. The van der Waals surface area contributed by atoms with Crippen LogP contribution in [-0.4, -0.2) is 29.9 Å². The van der Waals surface area contributed by atoms with Crippen molar-refractivity contribution in [3.05, 3.63) is 65.5 Å². The van der Waals surface area contributed by atoms with Crippen LogP contribution in [-0.2, 0) is 17.8 Å². The number of halogens is 1. The van der Waals surface area contributed by atoms with Gasteiger partial charge < -0.3 is 15.5 Å². The van der Waals surface area contributed by atoms with Gasteiger partial charge in [0.2, 0.25) is 5.91 Å². The van der Waals surface area contributed by atoms with Crippen molar-refractivity contribution in [1.29, 1.82) is 0 Å². The first-order valence-corrected chi connectivity index (χ1v) is 9.26. The fourth-order valence-electron chi connectivity index (χ4n) is 3.14. The standard InChI is InChI=1S/C21H24FN3O2/c22-18-9-7-16(8-10-18)11-12-23-21(27)24-19-5-3-4-17(14-19)15-25-13-2-1-6-20(25)26/h3-5,7-10,14H,1-2,6,11-13,15H2,(H2,23,24,27). The number of rotatable bonds is 6. The summed E-state index contributed by atoms with van der Waals surface area (Å²) in [5.74, 6) is -0.0752. The average Bonchev–Trinajstić information content (AvgIpc) is 2.66. The third-order valence-electron chi connectivity index (χ3n) is 4.59. The molecule has 0 bridgehead atoms. The molecule has 0 saturated carbocycles. The minimum absolute atomic E-state index is 0.193. The van der Waals surface area contributed by atoms with E-state index in [4.69, 9.17) is 0 Å². The van der Waals surface area contributed by atoms with Crippen molar-refractivity contribution >= 4 is 17.6 Å². The van der Waals surface area contributed by atoms with Gasteiger partial charge in [0.1, 0.15) is 5.82 Å². The number of likely N-dealkylation sites (tertiary alicyclic amines) is 1. The monoisotopic (exact) mass is 369 g/mol. The van der Waals surface area contributed by atoms with Crippen LogP contribution in [0.25, 0.3) is 0 Å². The van der Waals surface area contributed by atoms with Gasteiger partial charge in [0, 0.05) is 31.7 Å². The van der Waals surface area contributed by atoms with Crippen molar-refractivity contribution < 1.29 is 14.0 Å². The Morgan fingerprint density at radius 2 is 1.89 bits per heavy atom. The van der Waals surface area contributed by atoms with Crippen LogP contribution in [0.5, 0.6) is 0 Å². The predicted molar refractivity (Wildman–Crippen MR) is 103 cm³/mol. The minimum atomic E-state index is -0.289. The van der Waals surface area contributed by atoms with E-state index >= 15 is 0 Å². The molecule has 1 aliphatic heterocycles. The Hall–Kier alpha value is -2.89. The SMILES string of the molecule is O=C(NCCc1ccc(F)cc1)Nc1cccc(CN2CCCCC2=O)c1. The molecule has 1 fully saturated rings. The molecular weight excluding hydrogens is 345 g/mol. The molecule has 3 rings (SSSR count). The maximum Gasteiger partial charge on any atom is 0.319 e. The fourth-order valence-corrected chi connectivity index (χ4v) is 3.14. The lowest BCUT2D eigenvalue weighted by atomic mass is 10.1. The molecule has 142 valence electrons. The topological polar surface area (TPSA) is 61.4 Å². The summed E-state index contributed by atoms with van der Waals surface area (Å²) >= 11 is 0. The van der Waals surface area contributed by atoms with Crippen LogP contribution in [0.15, 0.2) is 48.5 Å². The number of amides is 3. The van der Waals surface area contributed by atoms with Crippen molar-refractivity contribution in [1.82, 2.24) is 10.2 Å². The molecule has 27 heavy (non-hydrogen) atoms. The highest BCUT2D eigenvalue weighted by molar-refractivity contribution is 5.89. The van der Waals surface area contributed by atoms with E-state index in [0.29, 0.717) is 31.6 Å². The number of urea groups is 1. The summed E-state index contributed by atoms with van der Waals surface area (Å²) in [6.45, 7) is 1.82. The molecule has 2 N–H and O–H groups in total. The molecular formula is C21H24FN3O2. The Balaban J connectivity index is 1.47. The number of hydrogen-bond acceptors (Lipinski definition) is 2. The molecule has 6 heteroatoms. The van der Waals surface area contributed by atoms with Gasteiger partial charge in [0.25, 0.3) is 0 Å². The van der Waals surface area contributed by atoms with Crippen LogP contribution in [0.2, 0.25) is 0 Å². The number of anilines is 1. The Kier molecular flexibility index (Phi) is 6.41. The predicted octanol–water partition coefficient (Wildman–Crippen LogP) is 3.70. The number of benzene rings is 2. The number of nitrogens with zero attached hydrogens (tertiary/aromatic N) is 1. The van der Waals surface area contributed by atoms with E-state index < -0.39 is 0 Å². The van der Waals surface area contributed by atoms with Crippen molar-refractivity contribution in [2.24, 2.45) is 0 Å². The Morgan fingerprint density at radius 3 is 2.67 bits per heavy atom. The molecule has 5 nitrogen and oxygen atoms in total. The largest absolute Gasteiger partial charge is 0.338 e. The highest BCUT2D eigenvalue weighted by Crippen LogP contribution is 2.17. The van der Waals surface area contributed by atoms with Crippen molar-refractivity contribution in [3.8, 4) is 0 Å². The zero-order valence-corrected chi connectivity index (χ0v) is 15.2. The summed E-state index contributed by atoms with van der Waals surface area (Å²) in [5.41, 5.74) is 2.65. The molecule has 0 radical (unpaired) electrons. The fraction of sp³-hybridized carbons (Fsp3) is 0.333. The Morgan fingerprint density at radius 1 is 1.07 bits per heavy atom. The maximum absolute atomic E-state index is 12.9. The van der Waals surface area contributed by atoms with Gasteiger partial charge in [-0.2, -0.15) is 0 Å². The molecule has 3 amide bonds. The summed E-state index contributed by atoms with van der Waals surface area (Å²) in [7, 11) is 0. The van der Waals surface area contributed by atoms with Crippen LogP contribution in [0, 0.1) is 5.82 Å². The van der Waals surface area contributed by atoms with Crippen LogP contribution in [0.4, 0.5) is 14.9 Å². The number of piperidine rings is 1. The van der Waals surface area contributed by atoms with E-state index in [2.05, 4.69) is 10.6 Å². The van der Waals surface area contributed by atoms with Gasteiger partial charge in [0.05, 0.1) is 0 Å². The smallest absolute Gasteiger partial charge is 0.319 e. The van der Waals surface area contributed by atoms with Crippen LogP contribution in [0.3, 0.4) is 0 Å². The van der Waals surface area contributed by atoms with E-state index in [9.17, 15) is 14.0 Å². The molecule has 0 atom stereocenters. The minimum Gasteiger partial charge on any atom is -0.338 e. The lowest BCUT2D eigenvalue weighted by molar-refractivity contribution is -0.133. The van der Waals surface area contributed by atoms with Gasteiger partial charge in [-0.25, -0.2) is 9.18 Å². The molecule has 1 heterocycles. The van der Waals surface area contributed by atoms with Crippen LogP contribution >= 0.6 is 0 Å². The van der Waals surface area contributed by atoms with Gasteiger partial charge in [-0.1, -0.05) is 24.3 Å². The van der Waals surface area contributed by atoms with Gasteiger partial charge >= 0.3 is 6.03 Å². The third kappa shape index (κ3) is 5.81. The summed E-state index contributed by atoms with van der Waals surface area (Å²) in [6.07, 6.45) is 3.26. The molecule has 2 aromatic carbocycles. The summed E-state index contributed by atoms with van der Waals surface area (Å²) < 4.78 is 12.9. The van der Waals surface area contributed by atoms with E-state index in [-0.39, 0.29) is 17.8 Å². The Labute approximate surface area is 158 Å². The second kappa shape index (κ2) is 9.16. The molecule has 1 aliphatic rings. The molecule has 0 aromatic heterocycles. The highest BCUT2D eigenvalue weighted by Gasteiger charge is 2.18. The lowest BCUT2D eigenvalue weighted by Gasteiger charge is -2.26. The van der Waals surface area contributed by atoms with E-state index in [1.165, 1.54) is 12.1 Å². The summed E-state index contributed by atoms with van der Waals surface area (Å²) in [4.78, 5) is 25.9. The number of hydrogen-bond donors (Lipinski definition) is 2. The molecule has 0 spiro atoms. The van der Waals surface area contributed by atoms with Crippen molar-refractivity contribution in [2.75, 3.05) is 18.4 Å². The van der Waals surface area contributed by atoms with Gasteiger partial charge in [-0.3, -0.25) is 4.79 Å². The van der Waals surface area contributed by atoms with Crippen molar-refractivity contribution in [3.63, 3.8) is 0 Å². The zero-order chi connectivity index (χ0) is 19.1. The first-order valence-electron chi connectivity index (χ1n) is 9.26. The maximum atomic E-state index is 12.9. The number of nitrogens with one attached hydrogen (secondary N) is 2. The zero-order valence-electron chi connectivity index (χ0n) is 15.2. The van der Waals surface area contributed by atoms with Crippen LogP contribution in [0.1, 0.15) is 30.4 Å². The quantitative estimate of drug-likeness (QED) is 0.816. The summed E-state index contributed by atoms with van der Waals surface area (Å²) in [6, 6.07) is 13.5. The first-order chi connectivity index (χ1) is 13.1. The third-order valence-corrected chi connectivity index (χ3v) is 4.59. The van der Waals surface area contributed by atoms with Crippen LogP contribution < -0.4 is 10.6 Å². The molecule has 1 saturated heterocycles. The lowest BCUT2D eigenvalue weighted by Crippen LogP contribution is -2.34. The van der Waals surface area contributed by atoms with E-state index in [0.717, 1.165) is 30.5 Å². The van der Waals surface area contributed by atoms with Crippen molar-refractivity contribution in [2.45, 2.75) is 32.2 Å². The molecule has 2 aromatic rings. The van der Waals surface area contributed by atoms with E-state index in [1.54, 1.807) is 12.1 Å². The summed E-state index contributed by atoms with van der Waals surface area (Å²) in [5, 5.41) is 5.61. The van der Waals surface area contributed by atoms with Gasteiger partial charge in [0.15, 0.2) is 0 Å². The average molecular weight is 369 g/mol. The van der Waals surface area contributed by atoms with E-state index in [1.807, 2.05) is 29.2 Å².